The van der Waals surface area contributed by atoms with Crippen molar-refractivity contribution in [2.24, 2.45) is 5.92 Å². The lowest BCUT2D eigenvalue weighted by molar-refractivity contribution is -0.113. The van der Waals surface area contributed by atoms with Crippen LogP contribution in [0.5, 0.6) is 11.5 Å². The maximum absolute atomic E-state index is 14.3. The van der Waals surface area contributed by atoms with Gasteiger partial charge in [0.25, 0.3) is 0 Å². The molecule has 162 valence electrons. The molecule has 7 nitrogen and oxygen atoms in total. The van der Waals surface area contributed by atoms with Crippen LogP contribution < -0.4 is 14.8 Å². The molecule has 0 saturated heterocycles. The highest BCUT2D eigenvalue weighted by Gasteiger charge is 2.20. The van der Waals surface area contributed by atoms with Gasteiger partial charge in [-0.15, -0.1) is 10.2 Å². The third-order valence-electron chi connectivity index (χ3n) is 4.45. The number of hydrogen-bond acceptors (Lipinski definition) is 6. The number of nitrogens with zero attached hydrogens (tertiary/aromatic N) is 3. The van der Waals surface area contributed by atoms with Crippen molar-refractivity contribution in [3.63, 3.8) is 0 Å². The largest absolute Gasteiger partial charge is 0.454 e. The van der Waals surface area contributed by atoms with Crippen molar-refractivity contribution in [2.75, 3.05) is 17.9 Å². The molecule has 1 amide bonds. The Bertz CT molecular complexity index is 1120. The number of rotatable bonds is 7. The van der Waals surface area contributed by atoms with Crippen LogP contribution in [-0.4, -0.2) is 33.2 Å². The van der Waals surface area contributed by atoms with E-state index in [-0.39, 0.29) is 30.2 Å². The van der Waals surface area contributed by atoms with Crippen molar-refractivity contribution in [3.8, 4) is 22.9 Å². The Kier molecular flexibility index (Phi) is 6.33. The molecule has 0 bridgehead atoms. The number of carbonyl (C=O) groups excluding carboxylic acids is 1. The highest BCUT2D eigenvalue weighted by atomic mass is 35.5. The normalized spacial score (nSPS) is 12.4. The zero-order chi connectivity index (χ0) is 22.0. The van der Waals surface area contributed by atoms with Gasteiger partial charge < -0.3 is 19.4 Å². The number of thioether (sulfide) groups is 1. The maximum Gasteiger partial charge on any atom is 0.234 e. The Balaban J connectivity index is 1.49. The molecule has 1 aliphatic heterocycles. The molecule has 10 heteroatoms. The SMILES string of the molecule is CC(C)Cn1c(SCC(=O)Nc2cc3c(cc2Cl)OCO3)nnc1-c1ccccc1F. The summed E-state index contributed by atoms with van der Waals surface area (Å²) in [6.07, 6.45) is 0. The number of fused-ring (bicyclic) bond motifs is 1. The molecule has 4 rings (SSSR count). The minimum absolute atomic E-state index is 0.0816. The Morgan fingerprint density at radius 2 is 2.00 bits per heavy atom. The van der Waals surface area contributed by atoms with Crippen LogP contribution >= 0.6 is 23.4 Å². The Labute approximate surface area is 187 Å². The van der Waals surface area contributed by atoms with E-state index in [0.29, 0.717) is 45.3 Å². The molecule has 1 N–H and O–H groups in total. The first kappa shape index (κ1) is 21.5. The van der Waals surface area contributed by atoms with Gasteiger partial charge in [-0.3, -0.25) is 4.79 Å². The Morgan fingerprint density at radius 3 is 2.74 bits per heavy atom. The van der Waals surface area contributed by atoms with Crippen LogP contribution in [0, 0.1) is 11.7 Å². The van der Waals surface area contributed by atoms with Gasteiger partial charge in [0, 0.05) is 18.7 Å². The number of hydrogen-bond donors (Lipinski definition) is 1. The van der Waals surface area contributed by atoms with E-state index in [0.717, 1.165) is 0 Å². The first-order valence-corrected chi connectivity index (χ1v) is 11.0. The Morgan fingerprint density at radius 1 is 1.26 bits per heavy atom. The van der Waals surface area contributed by atoms with Crippen LogP contribution in [0.1, 0.15) is 13.8 Å². The fourth-order valence-electron chi connectivity index (χ4n) is 3.10. The van der Waals surface area contributed by atoms with Gasteiger partial charge in [-0.25, -0.2) is 4.39 Å². The zero-order valence-electron chi connectivity index (χ0n) is 16.9. The lowest BCUT2D eigenvalue weighted by Gasteiger charge is -2.13. The second-order valence-corrected chi connectivity index (χ2v) is 8.66. The summed E-state index contributed by atoms with van der Waals surface area (Å²) in [6, 6.07) is 9.67. The molecule has 0 aliphatic carbocycles. The van der Waals surface area contributed by atoms with E-state index in [1.165, 1.54) is 17.8 Å². The number of nitrogens with one attached hydrogen (secondary N) is 1. The van der Waals surface area contributed by atoms with Crippen molar-refractivity contribution in [2.45, 2.75) is 25.5 Å². The summed E-state index contributed by atoms with van der Waals surface area (Å²) in [5.41, 5.74) is 0.811. The van der Waals surface area contributed by atoms with Gasteiger partial charge in [0.2, 0.25) is 12.7 Å². The summed E-state index contributed by atoms with van der Waals surface area (Å²) in [5, 5.41) is 12.0. The van der Waals surface area contributed by atoms with Crippen LogP contribution in [0.15, 0.2) is 41.6 Å². The molecular weight excluding hydrogens is 443 g/mol. The van der Waals surface area contributed by atoms with E-state index in [9.17, 15) is 9.18 Å². The third kappa shape index (κ3) is 4.77. The molecule has 3 aromatic rings. The molecule has 0 atom stereocenters. The summed E-state index contributed by atoms with van der Waals surface area (Å²) >= 11 is 7.44. The van der Waals surface area contributed by atoms with Gasteiger partial charge in [0.05, 0.1) is 22.0 Å². The number of carbonyl (C=O) groups is 1. The first-order chi connectivity index (χ1) is 14.9. The predicted octanol–water partition coefficient (Wildman–Crippen LogP) is 4.85. The molecule has 0 spiro atoms. The lowest BCUT2D eigenvalue weighted by Crippen LogP contribution is -2.15. The van der Waals surface area contributed by atoms with Crippen molar-refractivity contribution >= 4 is 35.0 Å². The lowest BCUT2D eigenvalue weighted by atomic mass is 10.2. The van der Waals surface area contributed by atoms with Crippen molar-refractivity contribution < 1.29 is 18.7 Å². The zero-order valence-corrected chi connectivity index (χ0v) is 18.5. The second-order valence-electron chi connectivity index (χ2n) is 7.31. The van der Waals surface area contributed by atoms with Crippen molar-refractivity contribution in [1.29, 1.82) is 0 Å². The highest BCUT2D eigenvalue weighted by Crippen LogP contribution is 2.39. The number of halogens is 2. The molecule has 2 heterocycles. The van der Waals surface area contributed by atoms with Gasteiger partial charge in [0.1, 0.15) is 5.82 Å². The van der Waals surface area contributed by atoms with Crippen LogP contribution in [0.2, 0.25) is 5.02 Å². The smallest absolute Gasteiger partial charge is 0.234 e. The first-order valence-electron chi connectivity index (χ1n) is 9.62. The number of amides is 1. The summed E-state index contributed by atoms with van der Waals surface area (Å²) < 4.78 is 26.7. The standard InChI is InChI=1S/C21H20ClFN4O3S/c1-12(2)9-27-20(13-5-3-4-6-15(13)23)25-26-21(27)31-10-19(28)24-16-8-18-17(7-14(16)22)29-11-30-18/h3-8,12H,9-11H2,1-2H3,(H,24,28). The quantitative estimate of drug-likeness (QED) is 0.505. The summed E-state index contributed by atoms with van der Waals surface area (Å²) in [6.45, 7) is 4.81. The average molecular weight is 463 g/mol. The topological polar surface area (TPSA) is 78.3 Å². The molecule has 1 aliphatic rings. The third-order valence-corrected chi connectivity index (χ3v) is 5.73. The molecule has 2 aromatic carbocycles. The second kappa shape index (κ2) is 9.15. The van der Waals surface area contributed by atoms with E-state index in [2.05, 4.69) is 15.5 Å². The van der Waals surface area contributed by atoms with E-state index in [1.807, 2.05) is 18.4 Å². The minimum atomic E-state index is -0.369. The van der Waals surface area contributed by atoms with Gasteiger partial charge in [-0.05, 0) is 18.1 Å². The molecular formula is C21H20ClFN4O3S. The van der Waals surface area contributed by atoms with Crippen LogP contribution in [0.25, 0.3) is 11.4 Å². The molecule has 1 aromatic heterocycles. The summed E-state index contributed by atoms with van der Waals surface area (Å²) in [5.74, 6) is 1.23. The summed E-state index contributed by atoms with van der Waals surface area (Å²) in [4.78, 5) is 12.5. The molecule has 0 radical (unpaired) electrons. The number of aromatic nitrogens is 3. The van der Waals surface area contributed by atoms with Gasteiger partial charge >= 0.3 is 0 Å². The Hall–Kier alpha value is -2.78. The van der Waals surface area contributed by atoms with E-state index < -0.39 is 0 Å². The maximum atomic E-state index is 14.3. The molecule has 0 fully saturated rings. The number of benzene rings is 2. The van der Waals surface area contributed by atoms with Gasteiger partial charge in [-0.1, -0.05) is 49.3 Å². The molecule has 0 unspecified atom stereocenters. The predicted molar refractivity (Wildman–Crippen MR) is 117 cm³/mol. The monoisotopic (exact) mass is 462 g/mol. The van der Waals surface area contributed by atoms with Gasteiger partial charge in [-0.2, -0.15) is 0 Å². The summed E-state index contributed by atoms with van der Waals surface area (Å²) in [7, 11) is 0. The average Bonchev–Trinajstić information content (AvgIpc) is 3.33. The fourth-order valence-corrected chi connectivity index (χ4v) is 4.05. The van der Waals surface area contributed by atoms with Crippen molar-refractivity contribution in [3.05, 3.63) is 47.2 Å². The van der Waals surface area contributed by atoms with Crippen LogP contribution in [0.4, 0.5) is 10.1 Å². The fraction of sp³-hybridized carbons (Fsp3) is 0.286. The van der Waals surface area contributed by atoms with E-state index in [1.54, 1.807) is 30.3 Å². The minimum Gasteiger partial charge on any atom is -0.454 e. The van der Waals surface area contributed by atoms with E-state index in [4.69, 9.17) is 21.1 Å². The van der Waals surface area contributed by atoms with E-state index >= 15 is 0 Å². The van der Waals surface area contributed by atoms with Crippen LogP contribution in [0.3, 0.4) is 0 Å². The number of anilines is 1. The number of ether oxygens (including phenoxy) is 2. The molecule has 31 heavy (non-hydrogen) atoms. The van der Waals surface area contributed by atoms with Crippen LogP contribution in [-0.2, 0) is 11.3 Å². The van der Waals surface area contributed by atoms with Gasteiger partial charge in [0.15, 0.2) is 22.5 Å². The van der Waals surface area contributed by atoms with Crippen molar-refractivity contribution in [1.82, 2.24) is 14.8 Å². The highest BCUT2D eigenvalue weighted by molar-refractivity contribution is 7.99. The molecule has 0 saturated carbocycles.